The molecule has 1 aliphatic rings. The van der Waals surface area contributed by atoms with Crippen molar-refractivity contribution in [3.8, 4) is 11.1 Å². The van der Waals surface area contributed by atoms with Gasteiger partial charge in [-0.15, -0.1) is 0 Å². The van der Waals surface area contributed by atoms with Gasteiger partial charge in [0.2, 0.25) is 0 Å². The molecule has 5 aromatic rings. The lowest BCUT2D eigenvalue weighted by Gasteiger charge is -2.27. The average Bonchev–Trinajstić information content (AvgIpc) is 3.37. The lowest BCUT2D eigenvalue weighted by atomic mass is 9.91. The Morgan fingerprint density at radius 1 is 0.606 bits per heavy atom. The van der Waals surface area contributed by atoms with Crippen molar-refractivity contribution in [3.63, 3.8) is 0 Å². The molecule has 0 saturated heterocycles. The summed E-state index contributed by atoms with van der Waals surface area (Å²) in [4.78, 5) is 4.56. The Labute approximate surface area is 396 Å². The monoisotopic (exact) mass is 858 g/mol. The first-order valence-electron chi connectivity index (χ1n) is 23.0. The fraction of sp³-hybridized carbons (Fsp3) is 0.125. The van der Waals surface area contributed by atoms with E-state index < -0.39 is 0 Å². The van der Waals surface area contributed by atoms with Crippen LogP contribution in [0.15, 0.2) is 278 Å². The zero-order valence-corrected chi connectivity index (χ0v) is 39.0. The smallest absolute Gasteiger partial charge is 0.0973 e. The molecule has 0 saturated carbocycles. The minimum Gasteiger partial charge on any atom is -0.311 e. The fourth-order valence-corrected chi connectivity index (χ4v) is 7.68. The van der Waals surface area contributed by atoms with Crippen LogP contribution in [0.2, 0.25) is 0 Å². The standard InChI is InChI=1S/C64H62N2/c1-6-10-11-12-13-14-15-19-30-53(28-7-2)31-26-40-59(9-4)65(61-36-22-17-23-37-61)60(29-8-3)46-41-52(5)57-34-27-35-58(51-57)56-44-49-64(50-45-56)66(62-38-24-18-25-39-62)63-47-42-55(43-48-63)54-32-20-16-21-33-54/h6-14,16-26,28-30,32-33,35-44,46-49,51H,2,15,27,31,34H2,1,3-5H3/b10-6-,12-11-,14-13+,29-8-,30-19-,40-26-,52-41+,53-28+,59-9+,60-46+. The van der Waals surface area contributed by atoms with Gasteiger partial charge in [0, 0.05) is 34.0 Å². The molecule has 2 nitrogen and oxygen atoms in total. The predicted molar refractivity (Wildman–Crippen MR) is 288 cm³/mol. The number of hydrogen-bond donors (Lipinski definition) is 0. The minimum absolute atomic E-state index is 0.783. The van der Waals surface area contributed by atoms with Crippen molar-refractivity contribution in [2.24, 2.45) is 0 Å². The summed E-state index contributed by atoms with van der Waals surface area (Å²) in [7, 11) is 0. The van der Waals surface area contributed by atoms with Crippen molar-refractivity contribution in [3.05, 3.63) is 295 Å². The second-order valence-electron chi connectivity index (χ2n) is 15.7. The Bertz CT molecular complexity index is 2690. The highest BCUT2D eigenvalue weighted by Crippen LogP contribution is 2.36. The maximum absolute atomic E-state index is 3.97. The lowest BCUT2D eigenvalue weighted by molar-refractivity contribution is 0.972. The Morgan fingerprint density at radius 3 is 1.95 bits per heavy atom. The van der Waals surface area contributed by atoms with Crippen LogP contribution in [0.5, 0.6) is 0 Å². The van der Waals surface area contributed by atoms with Crippen molar-refractivity contribution >= 4 is 28.3 Å². The Balaban J connectivity index is 1.21. The summed E-state index contributed by atoms with van der Waals surface area (Å²) in [6.07, 6.45) is 44.4. The van der Waals surface area contributed by atoms with Gasteiger partial charge in [-0.1, -0.05) is 189 Å². The van der Waals surface area contributed by atoms with Gasteiger partial charge in [0.1, 0.15) is 0 Å². The first-order chi connectivity index (χ1) is 32.5. The number of hydrogen-bond acceptors (Lipinski definition) is 2. The van der Waals surface area contributed by atoms with E-state index in [0.717, 1.165) is 65.4 Å². The van der Waals surface area contributed by atoms with Crippen LogP contribution in [0.3, 0.4) is 0 Å². The van der Waals surface area contributed by atoms with Crippen molar-refractivity contribution in [1.82, 2.24) is 0 Å². The van der Waals surface area contributed by atoms with E-state index in [-0.39, 0.29) is 0 Å². The number of allylic oxidation sites excluding steroid dienone is 23. The summed E-state index contributed by atoms with van der Waals surface area (Å²) in [5.74, 6) is 0. The summed E-state index contributed by atoms with van der Waals surface area (Å²) in [6.45, 7) is 12.4. The molecule has 1 aliphatic carbocycles. The van der Waals surface area contributed by atoms with Crippen LogP contribution in [0.25, 0.3) is 16.7 Å². The van der Waals surface area contributed by atoms with Crippen molar-refractivity contribution in [1.29, 1.82) is 0 Å². The molecule has 0 atom stereocenters. The van der Waals surface area contributed by atoms with Gasteiger partial charge in [0.05, 0.1) is 5.69 Å². The Morgan fingerprint density at radius 2 is 1.29 bits per heavy atom. The van der Waals surface area contributed by atoms with Crippen LogP contribution in [-0.2, 0) is 0 Å². The molecule has 0 heterocycles. The van der Waals surface area contributed by atoms with Crippen LogP contribution >= 0.6 is 0 Å². The molecule has 2 heteroatoms. The third kappa shape index (κ3) is 13.8. The first kappa shape index (κ1) is 47.6. The maximum atomic E-state index is 3.97. The van der Waals surface area contributed by atoms with Crippen LogP contribution in [0.1, 0.15) is 58.9 Å². The number of rotatable bonds is 20. The molecule has 0 N–H and O–H groups in total. The van der Waals surface area contributed by atoms with E-state index in [4.69, 9.17) is 0 Å². The summed E-state index contributed by atoms with van der Waals surface area (Å²) >= 11 is 0. The van der Waals surface area contributed by atoms with Crippen LogP contribution in [0.4, 0.5) is 22.7 Å². The van der Waals surface area contributed by atoms with E-state index in [1.807, 2.05) is 31.2 Å². The van der Waals surface area contributed by atoms with Gasteiger partial charge in [-0.3, -0.25) is 0 Å². The first-order valence-corrected chi connectivity index (χ1v) is 23.0. The third-order valence-corrected chi connectivity index (χ3v) is 11.1. The molecule has 66 heavy (non-hydrogen) atoms. The van der Waals surface area contributed by atoms with Crippen molar-refractivity contribution in [2.75, 3.05) is 9.80 Å². The number of anilines is 4. The second-order valence-corrected chi connectivity index (χ2v) is 15.7. The largest absolute Gasteiger partial charge is 0.311 e. The zero-order chi connectivity index (χ0) is 46.2. The highest BCUT2D eigenvalue weighted by Gasteiger charge is 2.16. The molecule has 5 aromatic carbocycles. The third-order valence-electron chi connectivity index (χ3n) is 11.1. The van der Waals surface area contributed by atoms with Crippen LogP contribution in [0, 0.1) is 12.1 Å². The topological polar surface area (TPSA) is 6.48 Å². The summed E-state index contributed by atoms with van der Waals surface area (Å²) in [5.41, 5.74) is 14.7. The zero-order valence-electron chi connectivity index (χ0n) is 39.0. The molecular weight excluding hydrogens is 797 g/mol. The van der Waals surface area contributed by atoms with Gasteiger partial charge >= 0.3 is 0 Å². The van der Waals surface area contributed by atoms with E-state index in [1.54, 1.807) is 0 Å². The summed E-state index contributed by atoms with van der Waals surface area (Å²) in [5, 5.41) is 0. The second kappa shape index (κ2) is 26.1. The molecule has 0 aliphatic heterocycles. The highest BCUT2D eigenvalue weighted by molar-refractivity contribution is 5.80. The average molecular weight is 859 g/mol. The number of benzene rings is 4. The van der Waals surface area contributed by atoms with E-state index in [9.17, 15) is 0 Å². The Hall–Kier alpha value is -7.86. The molecular formula is C64H62N2. The van der Waals surface area contributed by atoms with Crippen LogP contribution < -0.4 is 9.80 Å². The molecule has 0 spiro atoms. The van der Waals surface area contributed by atoms with Crippen molar-refractivity contribution < 1.29 is 0 Å². The maximum Gasteiger partial charge on any atom is 0.0973 e. The molecule has 0 bridgehead atoms. The highest BCUT2D eigenvalue weighted by atomic mass is 15.2. The molecule has 0 aromatic heterocycles. The molecule has 0 fully saturated rings. The molecule has 0 amide bonds. The van der Waals surface area contributed by atoms with E-state index >= 15 is 0 Å². The molecule has 0 radical (unpaired) electrons. The predicted octanol–water partition coefficient (Wildman–Crippen LogP) is 18.0. The normalized spacial score (nSPS) is 14.2. The van der Waals surface area contributed by atoms with Crippen molar-refractivity contribution in [2.45, 2.75) is 53.4 Å². The fourth-order valence-electron chi connectivity index (χ4n) is 7.68. The van der Waals surface area contributed by atoms with Gasteiger partial charge in [-0.25, -0.2) is 0 Å². The number of para-hydroxylation sites is 2. The van der Waals surface area contributed by atoms with Gasteiger partial charge in [-0.05, 0) is 160 Å². The van der Waals surface area contributed by atoms with Gasteiger partial charge in [0.15, 0.2) is 0 Å². The lowest BCUT2D eigenvalue weighted by Crippen LogP contribution is -2.19. The quantitative estimate of drug-likeness (QED) is 0.0720. The number of nitrogens with zero attached hydrogens (tertiary/aromatic N) is 2. The summed E-state index contributed by atoms with van der Waals surface area (Å²) in [6, 6.07) is 51.7. The summed E-state index contributed by atoms with van der Waals surface area (Å²) < 4.78 is 0. The van der Waals surface area contributed by atoms with Crippen LogP contribution in [-0.4, -0.2) is 0 Å². The SMILES string of the molecule is C=C/C=C(\C=C/C/C=C/C=C\C=C/C)C/C=C\C(=C/C)N(C(/C=C\C)=C/C=C(\C)C1=CC(c2c#cc(N(c3ccccc3)c3ccc(-c4ccccc4)cc3)cc2)=CCC1)c1ccccc1. The van der Waals surface area contributed by atoms with E-state index in [2.05, 4.69) is 268 Å². The molecule has 0 unspecified atom stereocenters. The molecule has 6 rings (SSSR count). The van der Waals surface area contributed by atoms with E-state index in [1.165, 1.54) is 33.4 Å². The van der Waals surface area contributed by atoms with E-state index in [0.29, 0.717) is 0 Å². The van der Waals surface area contributed by atoms with Gasteiger partial charge < -0.3 is 9.80 Å². The van der Waals surface area contributed by atoms with Gasteiger partial charge in [-0.2, -0.15) is 0 Å². The van der Waals surface area contributed by atoms with Gasteiger partial charge in [0.25, 0.3) is 0 Å². The Kier molecular flexibility index (Phi) is 18.8. The minimum atomic E-state index is 0.783. The molecule has 328 valence electrons.